The van der Waals surface area contributed by atoms with Crippen LogP contribution in [-0.4, -0.2) is 124 Å². The van der Waals surface area contributed by atoms with E-state index in [1.807, 2.05) is 0 Å². The lowest BCUT2D eigenvalue weighted by atomic mass is 9.38. The summed E-state index contributed by atoms with van der Waals surface area (Å²) in [6, 6.07) is 0. The van der Waals surface area contributed by atoms with Gasteiger partial charge in [0, 0.05) is 18.3 Å². The van der Waals surface area contributed by atoms with Crippen molar-refractivity contribution in [2.45, 2.75) is 179 Å². The van der Waals surface area contributed by atoms with Crippen molar-refractivity contribution in [3.05, 3.63) is 0 Å². The average molecular weight is 753 g/mol. The van der Waals surface area contributed by atoms with Crippen LogP contribution in [0.25, 0.3) is 0 Å². The van der Waals surface area contributed by atoms with E-state index in [2.05, 4.69) is 34.6 Å². The van der Waals surface area contributed by atoms with Crippen LogP contribution in [-0.2, 0) is 28.4 Å². The monoisotopic (exact) mass is 752 g/mol. The van der Waals surface area contributed by atoms with Gasteiger partial charge in [0.05, 0.1) is 38.1 Å². The summed E-state index contributed by atoms with van der Waals surface area (Å²) in [5, 5.41) is 62.3. The highest BCUT2D eigenvalue weighted by molar-refractivity contribution is 5.18. The highest BCUT2D eigenvalue weighted by Gasteiger charge is 2.71. The van der Waals surface area contributed by atoms with Crippen molar-refractivity contribution in [2.24, 2.45) is 57.7 Å². The van der Waals surface area contributed by atoms with Gasteiger partial charge in [0.1, 0.15) is 36.6 Å². The molecule has 53 heavy (non-hydrogen) atoms. The van der Waals surface area contributed by atoms with Gasteiger partial charge in [-0.15, -0.1) is 0 Å². The van der Waals surface area contributed by atoms with Crippen molar-refractivity contribution in [3.8, 4) is 0 Å². The zero-order chi connectivity index (χ0) is 37.8. The summed E-state index contributed by atoms with van der Waals surface area (Å²) in [6.45, 7) is 14.0. The van der Waals surface area contributed by atoms with Crippen molar-refractivity contribution in [1.29, 1.82) is 0 Å². The molecule has 0 aromatic carbocycles. The van der Waals surface area contributed by atoms with Crippen molar-refractivity contribution >= 4 is 0 Å². The first-order valence-electron chi connectivity index (χ1n) is 21.0. The largest absolute Gasteiger partial charge is 0.394 e. The van der Waals surface area contributed by atoms with Crippen LogP contribution in [0.5, 0.6) is 0 Å². The molecule has 0 aromatic heterocycles. The lowest BCUT2D eigenvalue weighted by Gasteiger charge is -2.67. The molecule has 8 rings (SSSR count). The fourth-order valence-corrected chi connectivity index (χ4v) is 13.8. The molecule has 0 aromatic rings. The molecule has 12 heteroatoms. The Bertz CT molecular complexity index is 1310. The molecule has 22 atom stereocenters. The number of ether oxygens (including phenoxy) is 6. The molecule has 4 aliphatic carbocycles. The smallest absolute Gasteiger partial charge is 0.187 e. The Kier molecular flexibility index (Phi) is 10.5. The first kappa shape index (κ1) is 39.4. The predicted molar refractivity (Wildman–Crippen MR) is 191 cm³/mol. The van der Waals surface area contributed by atoms with Gasteiger partial charge in [-0.1, -0.05) is 41.5 Å². The quantitative estimate of drug-likeness (QED) is 0.219. The second-order valence-electron chi connectivity index (χ2n) is 19.7. The highest BCUT2D eigenvalue weighted by Crippen LogP contribution is 2.75. The summed E-state index contributed by atoms with van der Waals surface area (Å²) < 4.78 is 38.4. The van der Waals surface area contributed by atoms with Crippen LogP contribution < -0.4 is 0 Å². The molecule has 6 N–H and O–H groups in total. The molecule has 0 amide bonds. The van der Waals surface area contributed by atoms with Crippen LogP contribution in [0.3, 0.4) is 0 Å². The van der Waals surface area contributed by atoms with Gasteiger partial charge >= 0.3 is 0 Å². The minimum Gasteiger partial charge on any atom is -0.394 e. The summed E-state index contributed by atoms with van der Waals surface area (Å²) in [4.78, 5) is 0. The van der Waals surface area contributed by atoms with Crippen LogP contribution in [0.1, 0.15) is 106 Å². The first-order valence-corrected chi connectivity index (χ1v) is 21.0. The summed E-state index contributed by atoms with van der Waals surface area (Å²) >= 11 is 0. The second kappa shape index (κ2) is 14.1. The molecule has 4 saturated heterocycles. The molecule has 304 valence electrons. The summed E-state index contributed by atoms with van der Waals surface area (Å²) in [5.74, 6) is 2.32. The van der Waals surface area contributed by atoms with Crippen molar-refractivity contribution in [3.63, 3.8) is 0 Å². The minimum absolute atomic E-state index is 0.135. The van der Waals surface area contributed by atoms with Gasteiger partial charge in [-0.2, -0.15) is 0 Å². The second-order valence-corrected chi connectivity index (χ2v) is 19.7. The van der Waals surface area contributed by atoms with E-state index in [0.29, 0.717) is 35.5 Å². The molecule has 0 unspecified atom stereocenters. The van der Waals surface area contributed by atoms with Gasteiger partial charge in [-0.05, 0) is 104 Å². The van der Waals surface area contributed by atoms with Crippen LogP contribution in [0.4, 0.5) is 0 Å². The van der Waals surface area contributed by atoms with Crippen LogP contribution in [0, 0.1) is 57.7 Å². The fraction of sp³-hybridized carbons (Fsp3) is 1.00. The molecule has 4 aliphatic heterocycles. The third-order valence-corrected chi connectivity index (χ3v) is 17.4. The lowest BCUT2D eigenvalue weighted by molar-refractivity contribution is -0.367. The van der Waals surface area contributed by atoms with Crippen molar-refractivity contribution in [1.82, 2.24) is 0 Å². The summed E-state index contributed by atoms with van der Waals surface area (Å²) in [6.07, 6.45) is -0.0989. The Morgan fingerprint density at radius 2 is 1.40 bits per heavy atom. The Morgan fingerprint density at radius 1 is 0.679 bits per heavy atom. The first-order chi connectivity index (χ1) is 25.1. The summed E-state index contributed by atoms with van der Waals surface area (Å²) in [7, 11) is 0. The van der Waals surface area contributed by atoms with E-state index in [4.69, 9.17) is 28.4 Å². The van der Waals surface area contributed by atoms with Gasteiger partial charge < -0.3 is 59.1 Å². The maximum absolute atomic E-state index is 11.0. The van der Waals surface area contributed by atoms with Gasteiger partial charge in [0.15, 0.2) is 18.4 Å². The molecule has 12 nitrogen and oxygen atoms in total. The van der Waals surface area contributed by atoms with Crippen molar-refractivity contribution in [2.75, 3.05) is 19.8 Å². The fourth-order valence-electron chi connectivity index (χ4n) is 13.8. The van der Waals surface area contributed by atoms with Crippen molar-refractivity contribution < 1.29 is 59.1 Å². The van der Waals surface area contributed by atoms with E-state index in [0.717, 1.165) is 45.1 Å². The van der Waals surface area contributed by atoms with Crippen LogP contribution in [0.15, 0.2) is 0 Å². The van der Waals surface area contributed by atoms with Gasteiger partial charge in [-0.25, -0.2) is 0 Å². The average Bonchev–Trinajstić information content (AvgIpc) is 3.58. The maximum Gasteiger partial charge on any atom is 0.187 e. The standard InChI is InChI=1S/C41H68O12/c1-20-9-12-41(48-19-20)22(3)30-27(53-41)16-26-25-8-7-23-15-24(10-11-39(23,5)40(25,6)14-13-38(26,30)4)49-37-35(21(2)31(44)28(17-42)51-37)52-36-34(47)33(46)32(45)29(18-43)50-36/h20-37,42-47H,7-19H2,1-6H3/t20-,21+,22-,23+,24-,25+,26+,27-,28-,29-,30-,31+,32+,33+,34-,35+,36+,37-,38-,39-,40+,41-/m1/s1. The molecule has 8 aliphatic rings. The molecular weight excluding hydrogens is 684 g/mol. The zero-order valence-corrected chi connectivity index (χ0v) is 32.7. The van der Waals surface area contributed by atoms with Crippen LogP contribution in [0.2, 0.25) is 0 Å². The number of hydrogen-bond acceptors (Lipinski definition) is 12. The maximum atomic E-state index is 11.0. The predicted octanol–water partition coefficient (Wildman–Crippen LogP) is 3.11. The van der Waals surface area contributed by atoms with E-state index in [1.54, 1.807) is 6.92 Å². The Morgan fingerprint density at radius 3 is 2.09 bits per heavy atom. The van der Waals surface area contributed by atoms with E-state index in [9.17, 15) is 30.6 Å². The van der Waals surface area contributed by atoms with E-state index in [1.165, 1.54) is 25.7 Å². The molecular formula is C41H68O12. The number of fused-ring (bicyclic) bond motifs is 7. The minimum atomic E-state index is -1.60. The lowest BCUT2D eigenvalue weighted by Crippen LogP contribution is -2.63. The van der Waals surface area contributed by atoms with Gasteiger partial charge in [-0.3, -0.25) is 0 Å². The molecule has 4 saturated carbocycles. The number of aliphatic hydroxyl groups is 6. The summed E-state index contributed by atoms with van der Waals surface area (Å²) in [5.41, 5.74) is 0.618. The molecule has 4 heterocycles. The highest BCUT2D eigenvalue weighted by atomic mass is 16.8. The number of hydrogen-bond donors (Lipinski definition) is 6. The molecule has 8 fully saturated rings. The van der Waals surface area contributed by atoms with E-state index >= 15 is 0 Å². The Hall–Kier alpha value is -0.480. The number of rotatable bonds is 6. The molecule has 1 spiro atoms. The molecule has 0 radical (unpaired) electrons. The topological polar surface area (TPSA) is 177 Å². The van der Waals surface area contributed by atoms with E-state index in [-0.39, 0.29) is 28.5 Å². The van der Waals surface area contributed by atoms with Crippen LogP contribution >= 0.6 is 0 Å². The third kappa shape index (κ3) is 5.97. The Labute approximate surface area is 315 Å². The Balaban J connectivity index is 0.962. The third-order valence-electron chi connectivity index (χ3n) is 17.4. The number of aliphatic hydroxyl groups excluding tert-OH is 6. The normalized spacial score (nSPS) is 59.5. The van der Waals surface area contributed by atoms with E-state index < -0.39 is 80.2 Å². The molecule has 0 bridgehead atoms. The van der Waals surface area contributed by atoms with Gasteiger partial charge in [0.2, 0.25) is 0 Å². The SMILES string of the molecule is C[C@@H]1CC[C@@]2(OC1)O[C@@H]1C[C@H]3[C@@H]4CC[C@H]5C[C@H](O[C@@H]6O[C@H](CO)[C@@H](O)[C@H](C)[C@@H]6O[C@@H]6O[C@H](CO)[C@H](O)[C@H](O)[C@H]6O)CC[C@@]5(C)[C@@]4(C)CC[C@@]3(C)[C@@H]1[C@H]2C. The zero-order valence-electron chi connectivity index (χ0n) is 32.7. The van der Waals surface area contributed by atoms with Gasteiger partial charge in [0.25, 0.3) is 0 Å².